The second-order valence-corrected chi connectivity index (χ2v) is 6.39. The van der Waals surface area contributed by atoms with Crippen LogP contribution in [0, 0.1) is 17.2 Å². The first-order valence-corrected chi connectivity index (χ1v) is 8.08. The molecule has 1 aromatic rings. The van der Waals surface area contributed by atoms with Gasteiger partial charge in [0.05, 0.1) is 35.5 Å². The van der Waals surface area contributed by atoms with Crippen LogP contribution >= 0.6 is 0 Å². The quantitative estimate of drug-likeness (QED) is 0.853. The zero-order valence-corrected chi connectivity index (χ0v) is 12.7. The van der Waals surface area contributed by atoms with E-state index in [1.54, 1.807) is 6.26 Å². The highest BCUT2D eigenvalue weighted by molar-refractivity contribution is 5.39. The molecule has 114 valence electrons. The van der Waals surface area contributed by atoms with E-state index in [9.17, 15) is 0 Å². The molecule has 0 radical (unpaired) electrons. The lowest BCUT2D eigenvalue weighted by Gasteiger charge is -2.54. The summed E-state index contributed by atoms with van der Waals surface area (Å²) < 4.78 is 5.68. The van der Waals surface area contributed by atoms with Gasteiger partial charge in [-0.25, -0.2) is 0 Å². The van der Waals surface area contributed by atoms with Crippen molar-refractivity contribution in [3.8, 4) is 6.07 Å². The normalized spacial score (nSPS) is 35.4. The molecule has 0 spiro atoms. The fourth-order valence-corrected chi connectivity index (χ4v) is 4.06. The average molecular weight is 296 g/mol. The molecule has 2 fully saturated rings. The number of hydroxylamine groups is 2. The number of fused-ring (bicyclic) bond motifs is 4. The molecular formula is C18H20N2O2. The van der Waals surface area contributed by atoms with Gasteiger partial charge in [0.25, 0.3) is 0 Å². The molecule has 0 N–H and O–H groups in total. The zero-order valence-electron chi connectivity index (χ0n) is 12.7. The van der Waals surface area contributed by atoms with Crippen LogP contribution in [-0.2, 0) is 15.1 Å². The van der Waals surface area contributed by atoms with Gasteiger partial charge >= 0.3 is 0 Å². The molecule has 1 aromatic carbocycles. The first kappa shape index (κ1) is 13.8. The van der Waals surface area contributed by atoms with E-state index in [1.165, 1.54) is 18.4 Å². The van der Waals surface area contributed by atoms with Crippen LogP contribution in [0.3, 0.4) is 0 Å². The average Bonchev–Trinajstić information content (AvgIpc) is 3.12. The fourth-order valence-electron chi connectivity index (χ4n) is 4.06. The first-order chi connectivity index (χ1) is 10.8. The molecule has 4 heteroatoms. The van der Waals surface area contributed by atoms with E-state index >= 15 is 0 Å². The van der Waals surface area contributed by atoms with E-state index in [2.05, 4.69) is 36.3 Å². The van der Waals surface area contributed by atoms with Gasteiger partial charge in [-0.3, -0.25) is 4.84 Å². The van der Waals surface area contributed by atoms with Crippen LogP contribution in [-0.4, -0.2) is 17.4 Å². The smallest absolute Gasteiger partial charge is 0.182 e. The van der Waals surface area contributed by atoms with Crippen molar-refractivity contribution in [2.45, 2.75) is 50.5 Å². The number of ether oxygens (including phenoxy) is 1. The van der Waals surface area contributed by atoms with Gasteiger partial charge in [0.15, 0.2) is 6.23 Å². The number of hydrogen-bond acceptors (Lipinski definition) is 4. The Bertz CT molecular complexity index is 633. The lowest BCUT2D eigenvalue weighted by Crippen LogP contribution is -2.65. The zero-order chi connectivity index (χ0) is 15.2. The largest absolute Gasteiger partial charge is 0.480 e. The third-order valence-electron chi connectivity index (χ3n) is 5.18. The Morgan fingerprint density at radius 1 is 1.36 bits per heavy atom. The standard InChI is InChI=1S/C18H20N2O2/c1-2-3-4-15-11-18(14-7-5-13(12-19)6-8-14)16-9-10-21-17(16)20(18)22-15/h5-10,15-17H,2-4,11H2,1H3/t15-,16+,17-,18+/m0/s1. The molecule has 0 bridgehead atoms. The predicted octanol–water partition coefficient (Wildman–Crippen LogP) is 3.45. The van der Waals surface area contributed by atoms with Crippen molar-refractivity contribution in [3.63, 3.8) is 0 Å². The molecule has 3 aliphatic heterocycles. The molecule has 0 unspecified atom stereocenters. The first-order valence-electron chi connectivity index (χ1n) is 8.08. The van der Waals surface area contributed by atoms with Crippen molar-refractivity contribution in [2.24, 2.45) is 5.92 Å². The second kappa shape index (κ2) is 5.12. The highest BCUT2D eigenvalue weighted by Crippen LogP contribution is 2.60. The maximum atomic E-state index is 9.00. The summed E-state index contributed by atoms with van der Waals surface area (Å²) in [6.07, 6.45) is 8.69. The Hall–Kier alpha value is -1.83. The number of hydrogen-bond donors (Lipinski definition) is 0. The molecule has 0 saturated carbocycles. The molecular weight excluding hydrogens is 276 g/mol. The summed E-state index contributed by atoms with van der Waals surface area (Å²) in [5.74, 6) is 0.340. The highest BCUT2D eigenvalue weighted by atomic mass is 16.7. The lowest BCUT2D eigenvalue weighted by molar-refractivity contribution is -0.344. The lowest BCUT2D eigenvalue weighted by atomic mass is 9.67. The van der Waals surface area contributed by atoms with Gasteiger partial charge in [-0.15, -0.1) is 5.06 Å². The second-order valence-electron chi connectivity index (χ2n) is 6.39. The van der Waals surface area contributed by atoms with Crippen molar-refractivity contribution in [3.05, 3.63) is 47.7 Å². The molecule has 0 aliphatic carbocycles. The van der Waals surface area contributed by atoms with Gasteiger partial charge in [-0.2, -0.15) is 5.26 Å². The van der Waals surface area contributed by atoms with E-state index in [-0.39, 0.29) is 17.9 Å². The Morgan fingerprint density at radius 2 is 2.18 bits per heavy atom. The van der Waals surface area contributed by atoms with E-state index in [4.69, 9.17) is 14.8 Å². The van der Waals surface area contributed by atoms with Gasteiger partial charge in [0.1, 0.15) is 0 Å². The van der Waals surface area contributed by atoms with Gasteiger partial charge in [0.2, 0.25) is 0 Å². The summed E-state index contributed by atoms with van der Waals surface area (Å²) >= 11 is 0. The van der Waals surface area contributed by atoms with Crippen molar-refractivity contribution in [1.29, 1.82) is 5.26 Å². The Kier molecular flexibility index (Phi) is 3.21. The Labute approximate surface area is 130 Å². The molecule has 2 saturated heterocycles. The van der Waals surface area contributed by atoms with Crippen molar-refractivity contribution in [1.82, 2.24) is 5.06 Å². The number of benzene rings is 1. The summed E-state index contributed by atoms with van der Waals surface area (Å²) in [7, 11) is 0. The third kappa shape index (κ3) is 1.76. The van der Waals surface area contributed by atoms with E-state index in [0.29, 0.717) is 11.5 Å². The predicted molar refractivity (Wildman–Crippen MR) is 81.2 cm³/mol. The summed E-state index contributed by atoms with van der Waals surface area (Å²) in [5.41, 5.74) is 1.80. The minimum atomic E-state index is -0.121. The molecule has 0 aromatic heterocycles. The van der Waals surface area contributed by atoms with Gasteiger partial charge < -0.3 is 4.74 Å². The Morgan fingerprint density at radius 3 is 2.91 bits per heavy atom. The summed E-state index contributed by atoms with van der Waals surface area (Å²) in [5, 5.41) is 11.1. The van der Waals surface area contributed by atoms with E-state index < -0.39 is 0 Å². The SMILES string of the molecule is CCCC[C@H]1C[C@@]2(c3ccc(C#N)cc3)[C@@H]3C=CO[C@@H]3N2O1. The number of nitriles is 1. The van der Waals surface area contributed by atoms with Crippen LogP contribution in [0.1, 0.15) is 43.7 Å². The molecule has 4 rings (SSSR count). The maximum absolute atomic E-state index is 9.00. The molecule has 0 amide bonds. The molecule has 3 aliphatic rings. The van der Waals surface area contributed by atoms with Crippen molar-refractivity contribution < 1.29 is 9.57 Å². The van der Waals surface area contributed by atoms with E-state index in [1.807, 2.05) is 12.1 Å². The van der Waals surface area contributed by atoms with Gasteiger partial charge in [-0.1, -0.05) is 31.9 Å². The topological polar surface area (TPSA) is 45.5 Å². The van der Waals surface area contributed by atoms with Crippen LogP contribution in [0.5, 0.6) is 0 Å². The van der Waals surface area contributed by atoms with Crippen molar-refractivity contribution >= 4 is 0 Å². The minimum absolute atomic E-state index is 0.0160. The number of unbranched alkanes of at least 4 members (excludes halogenated alkanes) is 1. The summed E-state index contributed by atoms with van der Waals surface area (Å²) in [6, 6.07) is 10.1. The van der Waals surface area contributed by atoms with Crippen LogP contribution in [0.25, 0.3) is 0 Å². The maximum Gasteiger partial charge on any atom is 0.182 e. The summed E-state index contributed by atoms with van der Waals surface area (Å²) in [4.78, 5) is 6.19. The molecule has 22 heavy (non-hydrogen) atoms. The monoisotopic (exact) mass is 296 g/mol. The van der Waals surface area contributed by atoms with Gasteiger partial charge in [-0.05, 0) is 30.2 Å². The van der Waals surface area contributed by atoms with Crippen LogP contribution in [0.4, 0.5) is 0 Å². The van der Waals surface area contributed by atoms with Crippen molar-refractivity contribution in [2.75, 3.05) is 0 Å². The fraction of sp³-hybridized carbons (Fsp3) is 0.500. The Balaban J connectivity index is 1.66. The third-order valence-corrected chi connectivity index (χ3v) is 5.18. The molecule has 4 nitrogen and oxygen atoms in total. The number of rotatable bonds is 4. The van der Waals surface area contributed by atoms with Crippen LogP contribution < -0.4 is 0 Å². The molecule has 4 atom stereocenters. The molecule has 3 heterocycles. The van der Waals surface area contributed by atoms with Gasteiger partial charge in [0, 0.05) is 6.42 Å². The summed E-state index contributed by atoms with van der Waals surface area (Å²) in [6.45, 7) is 2.21. The van der Waals surface area contributed by atoms with Crippen LogP contribution in [0.15, 0.2) is 36.6 Å². The van der Waals surface area contributed by atoms with E-state index in [0.717, 1.165) is 12.8 Å². The minimum Gasteiger partial charge on any atom is -0.480 e. The van der Waals surface area contributed by atoms with Crippen LogP contribution in [0.2, 0.25) is 0 Å². The number of nitrogens with zero attached hydrogens (tertiary/aromatic N) is 2. The highest BCUT2D eigenvalue weighted by Gasteiger charge is 2.68.